The SMILES string of the molecule is Nc1cc(S(=O)(=O)CCl)ccc1C(=O)O. The van der Waals surface area contributed by atoms with Crippen molar-refractivity contribution >= 4 is 33.1 Å². The van der Waals surface area contributed by atoms with Crippen LogP contribution in [0.2, 0.25) is 0 Å². The molecule has 0 atom stereocenters. The first-order valence-electron chi connectivity index (χ1n) is 3.80. The third-order valence-corrected chi connectivity index (χ3v) is 3.88. The van der Waals surface area contributed by atoms with Gasteiger partial charge in [-0.05, 0) is 18.2 Å². The van der Waals surface area contributed by atoms with Gasteiger partial charge >= 0.3 is 5.97 Å². The minimum Gasteiger partial charge on any atom is -0.478 e. The summed E-state index contributed by atoms with van der Waals surface area (Å²) < 4.78 is 22.6. The Kier molecular flexibility index (Phi) is 3.21. The zero-order valence-electron chi connectivity index (χ0n) is 7.47. The van der Waals surface area contributed by atoms with Crippen LogP contribution in [0.1, 0.15) is 10.4 Å². The first-order chi connectivity index (χ1) is 6.88. The van der Waals surface area contributed by atoms with E-state index in [1.165, 1.54) is 0 Å². The van der Waals surface area contributed by atoms with E-state index < -0.39 is 21.0 Å². The Morgan fingerprint density at radius 2 is 2.07 bits per heavy atom. The Bertz CT molecular complexity index is 497. The number of nitrogen functional groups attached to an aromatic ring is 1. The smallest absolute Gasteiger partial charge is 0.337 e. The third kappa shape index (κ3) is 2.40. The van der Waals surface area contributed by atoms with Crippen LogP contribution in [-0.2, 0) is 9.84 Å². The normalized spacial score (nSPS) is 11.3. The summed E-state index contributed by atoms with van der Waals surface area (Å²) in [5, 5.41) is 8.09. The highest BCUT2D eigenvalue weighted by Gasteiger charge is 2.16. The van der Waals surface area contributed by atoms with Crippen molar-refractivity contribution < 1.29 is 18.3 Å². The van der Waals surface area contributed by atoms with E-state index in [2.05, 4.69) is 0 Å². The molecule has 0 aliphatic rings. The van der Waals surface area contributed by atoms with Crippen molar-refractivity contribution in [2.45, 2.75) is 4.90 Å². The minimum atomic E-state index is -3.57. The van der Waals surface area contributed by atoms with Crippen molar-refractivity contribution in [2.24, 2.45) is 0 Å². The van der Waals surface area contributed by atoms with Crippen molar-refractivity contribution in [1.82, 2.24) is 0 Å². The van der Waals surface area contributed by atoms with Gasteiger partial charge in [-0.15, -0.1) is 11.6 Å². The molecule has 82 valence electrons. The molecule has 0 amide bonds. The zero-order valence-corrected chi connectivity index (χ0v) is 9.05. The fourth-order valence-electron chi connectivity index (χ4n) is 0.992. The Morgan fingerprint density at radius 1 is 1.47 bits per heavy atom. The average Bonchev–Trinajstić information content (AvgIpc) is 2.17. The quantitative estimate of drug-likeness (QED) is 0.614. The zero-order chi connectivity index (χ0) is 11.6. The monoisotopic (exact) mass is 249 g/mol. The molecule has 0 unspecified atom stereocenters. The topological polar surface area (TPSA) is 97.5 Å². The number of rotatable bonds is 3. The van der Waals surface area contributed by atoms with Crippen LogP contribution in [0.3, 0.4) is 0 Å². The second-order valence-corrected chi connectivity index (χ2v) is 5.35. The van der Waals surface area contributed by atoms with Crippen molar-refractivity contribution in [3.05, 3.63) is 23.8 Å². The molecular weight excluding hydrogens is 242 g/mol. The number of nitrogens with two attached hydrogens (primary N) is 1. The second kappa shape index (κ2) is 4.08. The van der Waals surface area contributed by atoms with E-state index in [0.29, 0.717) is 0 Å². The molecule has 0 aliphatic heterocycles. The van der Waals surface area contributed by atoms with Crippen LogP contribution in [0.5, 0.6) is 0 Å². The molecule has 1 aromatic carbocycles. The predicted octanol–water partition coefficient (Wildman–Crippen LogP) is 0.937. The number of anilines is 1. The molecule has 5 nitrogen and oxygen atoms in total. The molecule has 1 rings (SSSR count). The Morgan fingerprint density at radius 3 is 2.47 bits per heavy atom. The highest BCUT2D eigenvalue weighted by molar-refractivity contribution is 7.92. The van der Waals surface area contributed by atoms with E-state index in [1.807, 2.05) is 0 Å². The Labute approximate surface area is 91.4 Å². The van der Waals surface area contributed by atoms with E-state index >= 15 is 0 Å². The van der Waals surface area contributed by atoms with Crippen LogP contribution in [0.15, 0.2) is 23.1 Å². The van der Waals surface area contributed by atoms with E-state index in [4.69, 9.17) is 22.4 Å². The molecule has 3 N–H and O–H groups in total. The van der Waals surface area contributed by atoms with Crippen molar-refractivity contribution in [3.8, 4) is 0 Å². The number of carboxylic acid groups (broad SMARTS) is 1. The van der Waals surface area contributed by atoms with Gasteiger partial charge in [-0.1, -0.05) is 0 Å². The number of alkyl halides is 1. The first kappa shape index (κ1) is 11.8. The number of aromatic carboxylic acids is 1. The summed E-state index contributed by atoms with van der Waals surface area (Å²) in [6.07, 6.45) is 0. The Hall–Kier alpha value is -1.27. The van der Waals surface area contributed by atoms with Crippen molar-refractivity contribution in [1.29, 1.82) is 0 Å². The van der Waals surface area contributed by atoms with Gasteiger partial charge in [0.15, 0.2) is 9.84 Å². The molecule has 15 heavy (non-hydrogen) atoms. The van der Waals surface area contributed by atoms with Gasteiger partial charge in [-0.2, -0.15) is 0 Å². The molecule has 0 saturated heterocycles. The minimum absolute atomic E-state index is 0.0833. The van der Waals surface area contributed by atoms with Gasteiger partial charge in [0.1, 0.15) is 5.21 Å². The summed E-state index contributed by atoms with van der Waals surface area (Å²) in [5.41, 5.74) is 5.15. The standard InChI is InChI=1S/C8H8ClNO4S/c9-4-15(13,14)5-1-2-6(8(11)12)7(10)3-5/h1-3H,4,10H2,(H,11,12). The molecule has 1 aromatic rings. The second-order valence-electron chi connectivity index (χ2n) is 2.78. The summed E-state index contributed by atoms with van der Waals surface area (Å²) in [4.78, 5) is 10.5. The largest absolute Gasteiger partial charge is 0.478 e. The van der Waals surface area contributed by atoms with E-state index in [1.54, 1.807) is 0 Å². The van der Waals surface area contributed by atoms with Gasteiger partial charge in [0.2, 0.25) is 0 Å². The predicted molar refractivity (Wildman–Crippen MR) is 55.7 cm³/mol. The molecular formula is C8H8ClNO4S. The number of carboxylic acids is 1. The number of hydrogen-bond acceptors (Lipinski definition) is 4. The van der Waals surface area contributed by atoms with Crippen LogP contribution >= 0.6 is 11.6 Å². The lowest BCUT2D eigenvalue weighted by atomic mass is 10.2. The average molecular weight is 250 g/mol. The molecule has 7 heteroatoms. The molecule has 0 heterocycles. The highest BCUT2D eigenvalue weighted by atomic mass is 35.5. The molecule has 0 saturated carbocycles. The lowest BCUT2D eigenvalue weighted by molar-refractivity contribution is 0.0698. The van der Waals surface area contributed by atoms with Gasteiger partial charge in [0.25, 0.3) is 0 Å². The van der Waals surface area contributed by atoms with Gasteiger partial charge in [0, 0.05) is 5.69 Å². The van der Waals surface area contributed by atoms with Gasteiger partial charge < -0.3 is 10.8 Å². The molecule has 0 radical (unpaired) electrons. The van der Waals surface area contributed by atoms with Crippen LogP contribution < -0.4 is 5.73 Å². The van der Waals surface area contributed by atoms with E-state index in [-0.39, 0.29) is 16.1 Å². The van der Waals surface area contributed by atoms with Gasteiger partial charge in [-0.25, -0.2) is 13.2 Å². The molecule has 0 fully saturated rings. The summed E-state index contributed by atoms with van der Waals surface area (Å²) >= 11 is 5.24. The first-order valence-corrected chi connectivity index (χ1v) is 5.98. The van der Waals surface area contributed by atoms with Crippen LogP contribution in [0.25, 0.3) is 0 Å². The number of hydrogen-bond donors (Lipinski definition) is 2. The molecule has 0 bridgehead atoms. The molecule has 0 aliphatic carbocycles. The van der Waals surface area contributed by atoms with Crippen LogP contribution in [-0.4, -0.2) is 24.7 Å². The summed E-state index contributed by atoms with van der Waals surface area (Å²) in [6.45, 7) is 0. The van der Waals surface area contributed by atoms with Gasteiger partial charge in [0.05, 0.1) is 10.5 Å². The lowest BCUT2D eigenvalue weighted by Crippen LogP contribution is -2.06. The Balaban J connectivity index is 3.30. The summed E-state index contributed by atoms with van der Waals surface area (Å²) in [6, 6.07) is 3.38. The highest BCUT2D eigenvalue weighted by Crippen LogP contribution is 2.19. The van der Waals surface area contributed by atoms with E-state index in [9.17, 15) is 13.2 Å². The summed E-state index contributed by atoms with van der Waals surface area (Å²) in [7, 11) is -3.57. The lowest BCUT2D eigenvalue weighted by Gasteiger charge is -2.04. The van der Waals surface area contributed by atoms with E-state index in [0.717, 1.165) is 18.2 Å². The molecule has 0 spiro atoms. The molecule has 0 aromatic heterocycles. The number of carbonyl (C=O) groups is 1. The fourth-order valence-corrected chi connectivity index (χ4v) is 2.08. The number of benzene rings is 1. The maximum atomic E-state index is 11.3. The summed E-state index contributed by atoms with van der Waals surface area (Å²) in [5.74, 6) is -1.21. The third-order valence-electron chi connectivity index (χ3n) is 1.76. The maximum absolute atomic E-state index is 11.3. The van der Waals surface area contributed by atoms with Crippen LogP contribution in [0.4, 0.5) is 5.69 Å². The van der Waals surface area contributed by atoms with Crippen molar-refractivity contribution in [2.75, 3.05) is 10.9 Å². The van der Waals surface area contributed by atoms with Crippen molar-refractivity contribution in [3.63, 3.8) is 0 Å². The maximum Gasteiger partial charge on any atom is 0.337 e. The number of halogens is 1. The fraction of sp³-hybridized carbons (Fsp3) is 0.125. The van der Waals surface area contributed by atoms with Crippen LogP contribution in [0, 0.1) is 0 Å². The number of sulfone groups is 1. The van der Waals surface area contributed by atoms with Gasteiger partial charge in [-0.3, -0.25) is 0 Å².